The molecular weight excluding hydrogens is 160 g/mol. The summed E-state index contributed by atoms with van der Waals surface area (Å²) >= 11 is 0. The third-order valence-electron chi connectivity index (χ3n) is 1.65. The van der Waals surface area contributed by atoms with Crippen LogP contribution in [0.3, 0.4) is 0 Å². The van der Waals surface area contributed by atoms with Crippen molar-refractivity contribution in [3.63, 3.8) is 0 Å². The zero-order valence-electron chi connectivity index (χ0n) is 6.99. The Morgan fingerprint density at radius 1 is 1.75 bits per heavy atom. The van der Waals surface area contributed by atoms with Crippen LogP contribution in [-0.4, -0.2) is 31.6 Å². The molecule has 1 aliphatic heterocycles. The molecule has 0 fully saturated rings. The van der Waals surface area contributed by atoms with Crippen LogP contribution in [0.1, 0.15) is 6.92 Å². The van der Waals surface area contributed by atoms with E-state index in [4.69, 9.17) is 4.74 Å². The molecule has 0 saturated heterocycles. The number of carbonyl (C=O) groups excluding carboxylic acids is 2. The lowest BCUT2D eigenvalue weighted by Crippen LogP contribution is -2.28. The maximum Gasteiger partial charge on any atom is 0.336 e. The van der Waals surface area contributed by atoms with Gasteiger partial charge >= 0.3 is 5.97 Å². The lowest BCUT2D eigenvalue weighted by Gasteiger charge is -2.18. The zero-order valence-corrected chi connectivity index (χ0v) is 6.99. The third-order valence-corrected chi connectivity index (χ3v) is 1.65. The molecule has 4 heteroatoms. The third kappa shape index (κ3) is 1.71. The normalized spacial score (nSPS) is 23.3. The molecule has 1 heterocycles. The molecule has 0 aromatic rings. The highest BCUT2D eigenvalue weighted by atomic mass is 16.5. The van der Waals surface area contributed by atoms with Crippen molar-refractivity contribution in [2.45, 2.75) is 13.0 Å². The second-order valence-corrected chi connectivity index (χ2v) is 2.51. The van der Waals surface area contributed by atoms with Gasteiger partial charge in [-0.3, -0.25) is 4.79 Å². The Kier molecular flexibility index (Phi) is 2.60. The summed E-state index contributed by atoms with van der Waals surface area (Å²) in [5.41, 5.74) is 0.286. The van der Waals surface area contributed by atoms with Crippen LogP contribution in [0.4, 0.5) is 0 Å². The van der Waals surface area contributed by atoms with Gasteiger partial charge in [0.1, 0.15) is 6.61 Å². The molecule has 4 nitrogen and oxygen atoms in total. The Bertz CT molecular complexity index is 241. The standard InChI is InChI=1S/C8H10O4/c1-5-7(8(10)11-2)3-6(9)4-12-5/h3,5H,4H2,1-2H3. The Balaban J connectivity index is 2.84. The molecule has 0 aromatic carbocycles. The first-order valence-electron chi connectivity index (χ1n) is 3.59. The van der Waals surface area contributed by atoms with E-state index >= 15 is 0 Å². The zero-order chi connectivity index (χ0) is 9.14. The van der Waals surface area contributed by atoms with Crippen LogP contribution >= 0.6 is 0 Å². The molecule has 1 atom stereocenters. The summed E-state index contributed by atoms with van der Waals surface area (Å²) in [5.74, 6) is -0.705. The smallest absolute Gasteiger partial charge is 0.336 e. The van der Waals surface area contributed by atoms with Crippen molar-refractivity contribution in [2.24, 2.45) is 0 Å². The largest absolute Gasteiger partial charge is 0.466 e. The van der Waals surface area contributed by atoms with Gasteiger partial charge in [-0.2, -0.15) is 0 Å². The van der Waals surface area contributed by atoms with E-state index in [0.29, 0.717) is 0 Å². The van der Waals surface area contributed by atoms with Crippen molar-refractivity contribution in [1.82, 2.24) is 0 Å². The van der Waals surface area contributed by atoms with Crippen molar-refractivity contribution >= 4 is 11.8 Å². The van der Waals surface area contributed by atoms with Gasteiger partial charge in [-0.05, 0) is 13.0 Å². The quantitative estimate of drug-likeness (QED) is 0.523. The van der Waals surface area contributed by atoms with Crippen LogP contribution in [0.15, 0.2) is 11.6 Å². The number of methoxy groups -OCH3 is 1. The molecule has 0 radical (unpaired) electrons. The first-order valence-corrected chi connectivity index (χ1v) is 3.59. The van der Waals surface area contributed by atoms with Gasteiger partial charge in [0.25, 0.3) is 0 Å². The van der Waals surface area contributed by atoms with E-state index in [1.165, 1.54) is 13.2 Å². The SMILES string of the molecule is COC(=O)C1=CC(=O)COC1C. The maximum absolute atomic E-state index is 11.0. The molecular formula is C8H10O4. The molecule has 0 bridgehead atoms. The number of esters is 1. The highest BCUT2D eigenvalue weighted by Gasteiger charge is 2.24. The van der Waals surface area contributed by atoms with Gasteiger partial charge in [-0.1, -0.05) is 0 Å². The summed E-state index contributed by atoms with van der Waals surface area (Å²) in [6.07, 6.45) is 0.926. The molecule has 0 aromatic heterocycles. The van der Waals surface area contributed by atoms with E-state index in [9.17, 15) is 9.59 Å². The Labute approximate surface area is 70.1 Å². The van der Waals surface area contributed by atoms with Crippen LogP contribution < -0.4 is 0 Å². The highest BCUT2D eigenvalue weighted by Crippen LogP contribution is 2.13. The van der Waals surface area contributed by atoms with Gasteiger partial charge in [0.2, 0.25) is 0 Å². The summed E-state index contributed by atoms with van der Waals surface area (Å²) in [6.45, 7) is 1.75. The topological polar surface area (TPSA) is 52.6 Å². The van der Waals surface area contributed by atoms with E-state index in [0.717, 1.165) is 0 Å². The number of ketones is 1. The fraction of sp³-hybridized carbons (Fsp3) is 0.500. The molecule has 66 valence electrons. The molecule has 0 amide bonds. The first kappa shape index (κ1) is 8.93. The second-order valence-electron chi connectivity index (χ2n) is 2.51. The Hall–Kier alpha value is -1.16. The predicted octanol–water partition coefficient (Wildman–Crippen LogP) is 0.0736. The van der Waals surface area contributed by atoms with Crippen LogP contribution in [0.2, 0.25) is 0 Å². The van der Waals surface area contributed by atoms with Gasteiger partial charge < -0.3 is 9.47 Å². The summed E-state index contributed by atoms with van der Waals surface area (Å²) < 4.78 is 9.48. The van der Waals surface area contributed by atoms with Crippen molar-refractivity contribution < 1.29 is 19.1 Å². The number of rotatable bonds is 1. The first-order chi connectivity index (χ1) is 5.65. The summed E-state index contributed by atoms with van der Waals surface area (Å²) in [5, 5.41) is 0. The maximum atomic E-state index is 11.0. The number of hydrogen-bond acceptors (Lipinski definition) is 4. The minimum absolute atomic E-state index is 0.0433. The molecule has 12 heavy (non-hydrogen) atoms. The van der Waals surface area contributed by atoms with Gasteiger partial charge in [-0.25, -0.2) is 4.79 Å². The molecule has 1 rings (SSSR count). The minimum atomic E-state index is -0.504. The van der Waals surface area contributed by atoms with Crippen LogP contribution in [0, 0.1) is 0 Å². The molecule has 0 saturated carbocycles. The van der Waals surface area contributed by atoms with Gasteiger partial charge in [0.15, 0.2) is 5.78 Å². The lowest BCUT2D eigenvalue weighted by atomic mass is 10.1. The van der Waals surface area contributed by atoms with Gasteiger partial charge in [0, 0.05) is 0 Å². The summed E-state index contributed by atoms with van der Waals surface area (Å²) in [7, 11) is 1.27. The number of ether oxygens (including phenoxy) is 2. The molecule has 0 N–H and O–H groups in total. The Morgan fingerprint density at radius 3 is 3.00 bits per heavy atom. The van der Waals surface area contributed by atoms with E-state index in [-0.39, 0.29) is 24.1 Å². The summed E-state index contributed by atoms with van der Waals surface area (Å²) in [4.78, 5) is 21.8. The molecule has 0 spiro atoms. The average Bonchev–Trinajstić information content (AvgIpc) is 2.08. The van der Waals surface area contributed by atoms with Crippen LogP contribution in [0.5, 0.6) is 0 Å². The van der Waals surface area contributed by atoms with E-state index in [2.05, 4.69) is 4.74 Å². The number of carbonyl (C=O) groups is 2. The number of hydrogen-bond donors (Lipinski definition) is 0. The molecule has 0 aliphatic carbocycles. The van der Waals surface area contributed by atoms with Crippen LogP contribution in [0.25, 0.3) is 0 Å². The van der Waals surface area contributed by atoms with E-state index < -0.39 is 5.97 Å². The fourth-order valence-corrected chi connectivity index (χ4v) is 0.972. The van der Waals surface area contributed by atoms with Crippen LogP contribution in [-0.2, 0) is 19.1 Å². The van der Waals surface area contributed by atoms with E-state index in [1.807, 2.05) is 0 Å². The summed E-state index contributed by atoms with van der Waals surface area (Å²) in [6, 6.07) is 0. The predicted molar refractivity (Wildman–Crippen MR) is 40.5 cm³/mol. The van der Waals surface area contributed by atoms with Crippen molar-refractivity contribution in [1.29, 1.82) is 0 Å². The van der Waals surface area contributed by atoms with Crippen molar-refractivity contribution in [2.75, 3.05) is 13.7 Å². The van der Waals surface area contributed by atoms with Crippen molar-refractivity contribution in [3.05, 3.63) is 11.6 Å². The van der Waals surface area contributed by atoms with E-state index in [1.54, 1.807) is 6.92 Å². The fourth-order valence-electron chi connectivity index (χ4n) is 0.972. The van der Waals surface area contributed by atoms with Gasteiger partial charge in [-0.15, -0.1) is 0 Å². The molecule has 1 aliphatic rings. The monoisotopic (exact) mass is 170 g/mol. The molecule has 1 unspecified atom stereocenters. The average molecular weight is 170 g/mol. The minimum Gasteiger partial charge on any atom is -0.466 e. The second kappa shape index (κ2) is 3.49. The van der Waals surface area contributed by atoms with Crippen molar-refractivity contribution in [3.8, 4) is 0 Å². The Morgan fingerprint density at radius 2 is 2.42 bits per heavy atom. The lowest BCUT2D eigenvalue weighted by molar-refractivity contribution is -0.139. The highest BCUT2D eigenvalue weighted by molar-refractivity contribution is 6.01. The van der Waals surface area contributed by atoms with Gasteiger partial charge in [0.05, 0.1) is 18.8 Å².